The van der Waals surface area contributed by atoms with Gasteiger partial charge in [-0.15, -0.1) is 0 Å². The van der Waals surface area contributed by atoms with E-state index in [0.717, 1.165) is 0 Å². The number of nitrogens with zero attached hydrogens (tertiary/aromatic N) is 1. The van der Waals surface area contributed by atoms with Gasteiger partial charge in [-0.2, -0.15) is 0 Å². The number of benzene rings is 1. The lowest BCUT2D eigenvalue weighted by atomic mass is 10.2. The number of hydrogen-bond donors (Lipinski definition) is 1. The SMILES string of the molecule is COc1cc(C(=O)O)cc(Cl)c1OCC(=O)N(C)C. The Hall–Kier alpha value is -1.95. The number of carboxylic acid groups (broad SMARTS) is 1. The zero-order valence-corrected chi connectivity index (χ0v) is 11.5. The van der Waals surface area contributed by atoms with Gasteiger partial charge in [0, 0.05) is 14.1 Å². The lowest BCUT2D eigenvalue weighted by Gasteiger charge is -2.15. The van der Waals surface area contributed by atoms with Gasteiger partial charge in [-0.25, -0.2) is 4.79 Å². The minimum absolute atomic E-state index is 0.0202. The number of hydrogen-bond acceptors (Lipinski definition) is 4. The van der Waals surface area contributed by atoms with Gasteiger partial charge in [-0.1, -0.05) is 11.6 Å². The second kappa shape index (κ2) is 6.29. The van der Waals surface area contributed by atoms with Crippen LogP contribution in [0, 0.1) is 0 Å². The Bertz CT molecular complexity index is 501. The van der Waals surface area contributed by atoms with E-state index in [4.69, 9.17) is 26.2 Å². The molecule has 0 heterocycles. The first-order valence-electron chi connectivity index (χ1n) is 5.30. The van der Waals surface area contributed by atoms with Gasteiger partial charge in [0.25, 0.3) is 5.91 Å². The summed E-state index contributed by atoms with van der Waals surface area (Å²) in [6.45, 7) is -0.213. The van der Waals surface area contributed by atoms with E-state index in [1.807, 2.05) is 0 Å². The number of amides is 1. The van der Waals surface area contributed by atoms with E-state index < -0.39 is 5.97 Å². The molecule has 6 nitrogen and oxygen atoms in total. The molecule has 104 valence electrons. The summed E-state index contributed by atoms with van der Waals surface area (Å²) >= 11 is 5.93. The molecule has 0 aromatic heterocycles. The number of carboxylic acids is 1. The number of carbonyl (C=O) groups is 2. The van der Waals surface area contributed by atoms with E-state index in [2.05, 4.69) is 0 Å². The molecule has 0 unspecified atom stereocenters. The van der Waals surface area contributed by atoms with Crippen molar-refractivity contribution in [3.8, 4) is 11.5 Å². The van der Waals surface area contributed by atoms with Crippen molar-refractivity contribution in [3.63, 3.8) is 0 Å². The summed E-state index contributed by atoms with van der Waals surface area (Å²) in [5, 5.41) is 8.97. The second-order valence-electron chi connectivity index (χ2n) is 3.87. The average Bonchev–Trinajstić information content (AvgIpc) is 2.35. The van der Waals surface area contributed by atoms with Gasteiger partial charge in [-0.3, -0.25) is 4.79 Å². The summed E-state index contributed by atoms with van der Waals surface area (Å²) in [4.78, 5) is 23.7. The Kier molecular flexibility index (Phi) is 5.00. The van der Waals surface area contributed by atoms with Crippen LogP contribution in [0.4, 0.5) is 0 Å². The lowest BCUT2D eigenvalue weighted by molar-refractivity contribution is -0.130. The molecule has 1 rings (SSSR count). The maximum Gasteiger partial charge on any atom is 0.335 e. The van der Waals surface area contributed by atoms with Gasteiger partial charge in [0.15, 0.2) is 18.1 Å². The molecule has 0 saturated heterocycles. The highest BCUT2D eigenvalue weighted by atomic mass is 35.5. The van der Waals surface area contributed by atoms with Gasteiger partial charge in [0.2, 0.25) is 0 Å². The number of ether oxygens (including phenoxy) is 2. The van der Waals surface area contributed by atoms with E-state index in [9.17, 15) is 9.59 Å². The van der Waals surface area contributed by atoms with Gasteiger partial charge >= 0.3 is 5.97 Å². The van der Waals surface area contributed by atoms with Crippen LogP contribution < -0.4 is 9.47 Å². The highest BCUT2D eigenvalue weighted by Crippen LogP contribution is 2.36. The number of carbonyl (C=O) groups excluding carboxylic acids is 1. The Morgan fingerprint density at radius 1 is 1.37 bits per heavy atom. The van der Waals surface area contributed by atoms with Crippen molar-refractivity contribution in [2.45, 2.75) is 0 Å². The van der Waals surface area contributed by atoms with E-state index in [1.165, 1.54) is 24.1 Å². The van der Waals surface area contributed by atoms with Crippen LogP contribution in [0.5, 0.6) is 11.5 Å². The van der Waals surface area contributed by atoms with Crippen LogP contribution >= 0.6 is 11.6 Å². The largest absolute Gasteiger partial charge is 0.493 e. The van der Waals surface area contributed by atoms with Crippen LogP contribution in [0.3, 0.4) is 0 Å². The monoisotopic (exact) mass is 287 g/mol. The normalized spacial score (nSPS) is 9.89. The van der Waals surface area contributed by atoms with Gasteiger partial charge in [0.05, 0.1) is 17.7 Å². The molecule has 1 aromatic rings. The Morgan fingerprint density at radius 3 is 2.47 bits per heavy atom. The van der Waals surface area contributed by atoms with Crippen molar-refractivity contribution in [1.29, 1.82) is 0 Å². The third-order valence-corrected chi connectivity index (χ3v) is 2.60. The zero-order valence-electron chi connectivity index (χ0n) is 10.8. The van der Waals surface area contributed by atoms with Gasteiger partial charge in [-0.05, 0) is 12.1 Å². The highest BCUT2D eigenvalue weighted by Gasteiger charge is 2.16. The molecule has 0 fully saturated rings. The second-order valence-corrected chi connectivity index (χ2v) is 4.28. The summed E-state index contributed by atoms with van der Waals surface area (Å²) in [6, 6.07) is 2.52. The number of halogens is 1. The first-order chi connectivity index (χ1) is 8.86. The van der Waals surface area contributed by atoms with Crippen molar-refractivity contribution >= 4 is 23.5 Å². The molecule has 0 spiro atoms. The van der Waals surface area contributed by atoms with E-state index in [1.54, 1.807) is 14.1 Å². The zero-order chi connectivity index (χ0) is 14.6. The van der Waals surface area contributed by atoms with Crippen LogP contribution in [0.2, 0.25) is 5.02 Å². The third-order valence-electron chi connectivity index (χ3n) is 2.32. The maximum absolute atomic E-state index is 11.4. The van der Waals surface area contributed by atoms with Crippen molar-refractivity contribution in [3.05, 3.63) is 22.7 Å². The van der Waals surface area contributed by atoms with Crippen molar-refractivity contribution in [1.82, 2.24) is 4.90 Å². The van der Waals surface area contributed by atoms with Crippen LogP contribution in [0.25, 0.3) is 0 Å². The minimum Gasteiger partial charge on any atom is -0.493 e. The molecule has 1 aromatic carbocycles. The molecule has 1 N–H and O–H groups in total. The summed E-state index contributed by atoms with van der Waals surface area (Å²) in [5.74, 6) is -1.07. The molecule has 1 amide bonds. The molecule has 0 aliphatic rings. The first kappa shape index (κ1) is 15.1. The summed E-state index contributed by atoms with van der Waals surface area (Å²) in [7, 11) is 4.55. The average molecular weight is 288 g/mol. The fourth-order valence-electron chi connectivity index (χ4n) is 1.25. The summed E-state index contributed by atoms with van der Waals surface area (Å²) < 4.78 is 10.3. The van der Waals surface area contributed by atoms with Crippen LogP contribution in [0.15, 0.2) is 12.1 Å². The molecular weight excluding hydrogens is 274 g/mol. The fourth-order valence-corrected chi connectivity index (χ4v) is 1.51. The van der Waals surface area contributed by atoms with Gasteiger partial charge < -0.3 is 19.5 Å². The molecular formula is C12H14ClNO5. The summed E-state index contributed by atoms with van der Waals surface area (Å²) in [6.07, 6.45) is 0. The van der Waals surface area contributed by atoms with E-state index >= 15 is 0 Å². The molecule has 0 radical (unpaired) electrons. The Balaban J connectivity index is 3.00. The van der Waals surface area contributed by atoms with Crippen molar-refractivity contribution in [2.24, 2.45) is 0 Å². The predicted octanol–water partition coefficient (Wildman–Crippen LogP) is 1.51. The topological polar surface area (TPSA) is 76.1 Å². The standard InChI is InChI=1S/C12H14ClNO5/c1-14(2)10(15)6-19-11-8(13)4-7(12(16)17)5-9(11)18-3/h4-5H,6H2,1-3H3,(H,16,17). The highest BCUT2D eigenvalue weighted by molar-refractivity contribution is 6.32. The number of likely N-dealkylation sites (N-methyl/N-ethyl adjacent to an activating group) is 1. The predicted molar refractivity (Wildman–Crippen MR) is 69.2 cm³/mol. The lowest BCUT2D eigenvalue weighted by Crippen LogP contribution is -2.27. The van der Waals surface area contributed by atoms with Gasteiger partial charge in [0.1, 0.15) is 0 Å². The molecule has 0 aliphatic carbocycles. The third kappa shape index (κ3) is 3.75. The van der Waals surface area contributed by atoms with E-state index in [0.29, 0.717) is 0 Å². The molecule has 0 atom stereocenters. The molecule has 0 bridgehead atoms. The van der Waals surface area contributed by atoms with Crippen molar-refractivity contribution < 1.29 is 24.2 Å². The summed E-state index contributed by atoms with van der Waals surface area (Å²) in [5.41, 5.74) is -0.0202. The smallest absolute Gasteiger partial charge is 0.335 e. The molecule has 0 aliphatic heterocycles. The van der Waals surface area contributed by atoms with Crippen LogP contribution in [0.1, 0.15) is 10.4 Å². The molecule has 0 saturated carbocycles. The maximum atomic E-state index is 11.4. The van der Waals surface area contributed by atoms with Crippen LogP contribution in [-0.2, 0) is 4.79 Å². The molecule has 7 heteroatoms. The van der Waals surface area contributed by atoms with Crippen molar-refractivity contribution in [2.75, 3.05) is 27.8 Å². The van der Waals surface area contributed by atoms with E-state index in [-0.39, 0.29) is 34.6 Å². The number of methoxy groups -OCH3 is 1. The minimum atomic E-state index is -1.13. The quantitative estimate of drug-likeness (QED) is 0.888. The molecule has 19 heavy (non-hydrogen) atoms. The number of aromatic carboxylic acids is 1. The number of rotatable bonds is 5. The first-order valence-corrected chi connectivity index (χ1v) is 5.68. The Morgan fingerprint density at radius 2 is 2.00 bits per heavy atom. The Labute approximate surface area is 115 Å². The van der Waals surface area contributed by atoms with Crippen LogP contribution in [-0.4, -0.2) is 49.7 Å². The fraction of sp³-hybridized carbons (Fsp3) is 0.333.